The van der Waals surface area contributed by atoms with Crippen molar-refractivity contribution in [1.82, 2.24) is 39.3 Å². The minimum Gasteiger partial charge on any atom is -0.376 e. The van der Waals surface area contributed by atoms with E-state index >= 15 is 0 Å². The quantitative estimate of drug-likeness (QED) is 0.176. The van der Waals surface area contributed by atoms with Gasteiger partial charge in [0.1, 0.15) is 24.9 Å². The first-order valence-corrected chi connectivity index (χ1v) is 18.2. The second-order valence-electron chi connectivity index (χ2n) is 8.89. The predicted octanol–water partition coefficient (Wildman–Crippen LogP) is 1.23. The third-order valence-corrected chi connectivity index (χ3v) is 10.2. The fourth-order valence-corrected chi connectivity index (χ4v) is 7.50. The summed E-state index contributed by atoms with van der Waals surface area (Å²) in [5, 5.41) is 4.45. The van der Waals surface area contributed by atoms with Gasteiger partial charge in [-0.3, -0.25) is 32.9 Å². The molecule has 4 N–H and O–H groups in total. The van der Waals surface area contributed by atoms with Crippen molar-refractivity contribution in [1.29, 1.82) is 0 Å². The number of nitrogens with two attached hydrogens (primary N) is 1. The smallest absolute Gasteiger partial charge is 0.376 e. The zero-order valence-electron chi connectivity index (χ0n) is 21.4. The van der Waals surface area contributed by atoms with E-state index in [1.807, 2.05) is 0 Å². The predicted molar refractivity (Wildman–Crippen MR) is 153 cm³/mol. The first-order chi connectivity index (χ1) is 20.0. The van der Waals surface area contributed by atoms with Crippen molar-refractivity contribution < 1.29 is 37.0 Å². The summed E-state index contributed by atoms with van der Waals surface area (Å²) in [7, 11) is 1.38. The molecule has 2 unspecified atom stereocenters. The highest BCUT2D eigenvalue weighted by Gasteiger charge is 2.50. The van der Waals surface area contributed by atoms with Gasteiger partial charge in [0, 0.05) is 13.3 Å². The van der Waals surface area contributed by atoms with Gasteiger partial charge in [-0.15, -0.1) is 16.4 Å². The maximum atomic E-state index is 13.0. The number of anilines is 1. The zero-order chi connectivity index (χ0) is 29.6. The second kappa shape index (κ2) is 11.8. The summed E-state index contributed by atoms with van der Waals surface area (Å²) in [5.74, 6) is 0.474. The van der Waals surface area contributed by atoms with E-state index in [2.05, 4.69) is 42.3 Å². The van der Waals surface area contributed by atoms with Crippen LogP contribution >= 0.6 is 37.1 Å². The third-order valence-electron chi connectivity index (χ3n) is 6.25. The van der Waals surface area contributed by atoms with Crippen molar-refractivity contribution >= 4 is 66.0 Å². The lowest BCUT2D eigenvalue weighted by molar-refractivity contribution is -0.0500. The lowest BCUT2D eigenvalue weighted by atomic mass is 10.1. The molecule has 23 heteroatoms. The van der Waals surface area contributed by atoms with Gasteiger partial charge in [-0.05, 0) is 11.8 Å². The Balaban J connectivity index is 1.37. The molecule has 2 aliphatic rings. The van der Waals surface area contributed by atoms with E-state index in [-0.39, 0.29) is 49.3 Å². The molecule has 0 aromatic carbocycles. The number of rotatable bonds is 3. The summed E-state index contributed by atoms with van der Waals surface area (Å²) in [5.41, 5.74) is 6.86. The van der Waals surface area contributed by atoms with E-state index in [0.29, 0.717) is 10.7 Å². The number of thiol groups is 1. The molecule has 4 aromatic rings. The molecule has 18 nitrogen and oxygen atoms in total. The Morgan fingerprint density at radius 2 is 2.17 bits per heavy atom. The number of hydrogen-bond donors (Lipinski definition) is 4. The molecule has 42 heavy (non-hydrogen) atoms. The lowest BCUT2D eigenvalue weighted by Crippen LogP contribution is -2.37. The van der Waals surface area contributed by atoms with Gasteiger partial charge in [0.25, 0.3) is 5.56 Å². The van der Waals surface area contributed by atoms with E-state index in [9.17, 15) is 14.3 Å². The number of methoxy groups -OCH3 is 1. The molecule has 1 saturated heterocycles. The number of nitrogens with zero attached hydrogens (tertiary/aromatic N) is 7. The Bertz CT molecular complexity index is 1750. The summed E-state index contributed by atoms with van der Waals surface area (Å²) in [6.45, 7) is -8.55. The van der Waals surface area contributed by atoms with Crippen molar-refractivity contribution in [2.24, 2.45) is 0 Å². The van der Waals surface area contributed by atoms with Crippen LogP contribution in [0, 0.1) is 0 Å². The molecule has 0 radical (unpaired) electrons. The molecule has 0 aliphatic carbocycles. The first-order valence-electron chi connectivity index (χ1n) is 12.0. The van der Waals surface area contributed by atoms with Crippen LogP contribution in [-0.2, 0) is 57.1 Å². The minimum absolute atomic E-state index is 0.0219. The molecule has 2 bridgehead atoms. The number of aromatic amines is 1. The maximum Gasteiger partial charge on any atom is 0.386 e. The molecule has 6 heterocycles. The number of nitrogens with one attached hydrogen (secondary N) is 1. The minimum atomic E-state index is -4.03. The number of nitrogen functional groups attached to an aromatic ring is 1. The summed E-state index contributed by atoms with van der Waals surface area (Å²) >= 11 is 10.8. The van der Waals surface area contributed by atoms with E-state index < -0.39 is 43.6 Å². The fourth-order valence-electron chi connectivity index (χ4n) is 4.45. The van der Waals surface area contributed by atoms with Crippen LogP contribution in [0.5, 0.6) is 0 Å². The van der Waals surface area contributed by atoms with Crippen LogP contribution in [0.4, 0.5) is 5.95 Å². The Hall–Kier alpha value is -2.13. The van der Waals surface area contributed by atoms with Crippen LogP contribution in [0.3, 0.4) is 0 Å². The molecular weight excluding hydrogens is 656 g/mol. The number of hydrogen-bond acceptors (Lipinski definition) is 16. The van der Waals surface area contributed by atoms with Crippen molar-refractivity contribution in [3.05, 3.63) is 34.2 Å². The standard InChI is InChI=1S/C19H23N9O9P2S3/c1-32-13-9-5-34-38(30,40)33-3-2-28-11(23-15(26-28)10-4-21-8-42-10)6-35-39(31,41)37-14(13)18(36-9)27-7-22-12-16(27)24-19(20)25-17(12)29/h4,7-9,13-14,18H,2-3,5-6H2,1H3,(H,30,40)(H,31,41)(H3,20,24,25,29)/t9-,13-,14-,18-,38?,39?/m1/s1. The van der Waals surface area contributed by atoms with Crippen LogP contribution in [0.2, 0.25) is 0 Å². The molecule has 0 spiro atoms. The number of thiazole rings is 1. The van der Waals surface area contributed by atoms with Crippen molar-refractivity contribution in [2.75, 3.05) is 26.1 Å². The number of fused-ring (bicyclic) bond motifs is 4. The van der Waals surface area contributed by atoms with Gasteiger partial charge in [-0.1, -0.05) is 12.2 Å². The monoisotopic (exact) mass is 679 g/mol. The molecule has 1 fully saturated rings. The Morgan fingerprint density at radius 3 is 2.93 bits per heavy atom. The van der Waals surface area contributed by atoms with E-state index in [1.165, 1.54) is 34.0 Å². The topological polar surface area (TPSA) is 226 Å². The summed E-state index contributed by atoms with van der Waals surface area (Å²) in [6.07, 6.45) is -1.29. The van der Waals surface area contributed by atoms with Crippen molar-refractivity contribution in [3.8, 4) is 10.7 Å². The van der Waals surface area contributed by atoms with Crippen LogP contribution in [0.25, 0.3) is 21.9 Å². The average Bonchev–Trinajstić information content (AvgIpc) is 3.71. The molecule has 4 aromatic heterocycles. The van der Waals surface area contributed by atoms with Crippen LogP contribution in [0.15, 0.2) is 22.8 Å². The SMILES string of the molecule is CO[C@H]1[C@H]2OP(O)(=S)OCc3nc(-c4cncs4)nn3CCOP(=O)(S)OC[C@H]1O[C@H]2n1cnc2c(=O)[nH]c(N)nc21. The molecular formula is C19H23N9O9P2S3. The molecule has 6 rings (SSSR count). The fraction of sp³-hybridized carbons (Fsp3) is 0.474. The van der Waals surface area contributed by atoms with E-state index in [4.69, 9.17) is 45.1 Å². The summed E-state index contributed by atoms with van der Waals surface area (Å²) < 4.78 is 50.3. The Labute approximate surface area is 250 Å². The van der Waals surface area contributed by atoms with Gasteiger partial charge in [0.05, 0.1) is 36.5 Å². The normalized spacial score (nSPS) is 31.0. The van der Waals surface area contributed by atoms with Crippen LogP contribution in [0.1, 0.15) is 12.1 Å². The number of aromatic nitrogens is 8. The second-order valence-corrected chi connectivity index (χ2v) is 15.5. The lowest BCUT2D eigenvalue weighted by Gasteiger charge is -2.27. The van der Waals surface area contributed by atoms with Gasteiger partial charge in [0.2, 0.25) is 5.95 Å². The zero-order valence-corrected chi connectivity index (χ0v) is 25.8. The van der Waals surface area contributed by atoms with Gasteiger partial charge in [-0.25, -0.2) is 19.2 Å². The number of imidazole rings is 1. The highest BCUT2D eigenvalue weighted by Crippen LogP contribution is 2.55. The molecule has 2 aliphatic heterocycles. The van der Waals surface area contributed by atoms with Gasteiger partial charge < -0.3 is 24.6 Å². The van der Waals surface area contributed by atoms with Gasteiger partial charge >= 0.3 is 13.5 Å². The third kappa shape index (κ3) is 6.10. The molecule has 226 valence electrons. The van der Waals surface area contributed by atoms with Crippen molar-refractivity contribution in [3.63, 3.8) is 0 Å². The highest BCUT2D eigenvalue weighted by molar-refractivity contribution is 8.44. The largest absolute Gasteiger partial charge is 0.386 e. The van der Waals surface area contributed by atoms with Crippen LogP contribution in [-0.4, -0.2) is 82.8 Å². The summed E-state index contributed by atoms with van der Waals surface area (Å²) in [6, 6.07) is 0. The number of H-pyrrole nitrogens is 1. The first kappa shape index (κ1) is 29.9. The number of ether oxygens (including phenoxy) is 2. The maximum absolute atomic E-state index is 13.0. The van der Waals surface area contributed by atoms with E-state index in [0.717, 1.165) is 0 Å². The van der Waals surface area contributed by atoms with Crippen LogP contribution < -0.4 is 11.3 Å². The Kier molecular flexibility index (Phi) is 8.37. The Morgan fingerprint density at radius 1 is 1.33 bits per heavy atom. The van der Waals surface area contributed by atoms with Crippen molar-refractivity contribution in [2.45, 2.75) is 37.7 Å². The molecule has 0 amide bonds. The molecule has 6 atom stereocenters. The average molecular weight is 680 g/mol. The summed E-state index contributed by atoms with van der Waals surface area (Å²) in [4.78, 5) is 43.4. The van der Waals surface area contributed by atoms with Gasteiger partial charge in [-0.2, -0.15) is 4.98 Å². The molecule has 0 saturated carbocycles. The van der Waals surface area contributed by atoms with Gasteiger partial charge in [0.15, 0.2) is 29.0 Å². The van der Waals surface area contributed by atoms with E-state index in [1.54, 1.807) is 11.7 Å². The highest BCUT2D eigenvalue weighted by atomic mass is 32.7.